The highest BCUT2D eigenvalue weighted by atomic mass is 32.2. The van der Waals surface area contributed by atoms with Gasteiger partial charge in [0.25, 0.3) is 5.91 Å². The van der Waals surface area contributed by atoms with Gasteiger partial charge in [-0.05, 0) is 37.1 Å². The van der Waals surface area contributed by atoms with Crippen molar-refractivity contribution in [1.29, 1.82) is 0 Å². The lowest BCUT2D eigenvalue weighted by molar-refractivity contribution is 0.0981. The van der Waals surface area contributed by atoms with Crippen LogP contribution in [0.3, 0.4) is 0 Å². The molecule has 1 amide bonds. The summed E-state index contributed by atoms with van der Waals surface area (Å²) in [6.07, 6.45) is 0.748. The highest BCUT2D eigenvalue weighted by molar-refractivity contribution is 7.90. The number of hydrogen-bond acceptors (Lipinski definition) is 4. The number of ether oxygens (including phenoxy) is 1. The van der Waals surface area contributed by atoms with Crippen molar-refractivity contribution in [3.8, 4) is 5.75 Å². The van der Waals surface area contributed by atoms with Crippen LogP contribution in [0.5, 0.6) is 5.75 Å². The van der Waals surface area contributed by atoms with E-state index in [0.717, 1.165) is 6.42 Å². The van der Waals surface area contributed by atoms with E-state index < -0.39 is 15.9 Å². The lowest BCUT2D eigenvalue weighted by Gasteiger charge is -2.11. The minimum Gasteiger partial charge on any atom is -0.494 e. The molecule has 5 nitrogen and oxygen atoms in total. The first-order valence-electron chi connectivity index (χ1n) is 6.65. The van der Waals surface area contributed by atoms with Crippen molar-refractivity contribution in [3.05, 3.63) is 29.8 Å². The Hall–Kier alpha value is -1.56. The smallest absolute Gasteiger partial charge is 0.264 e. The van der Waals surface area contributed by atoms with Crippen LogP contribution in [0.4, 0.5) is 0 Å². The van der Waals surface area contributed by atoms with Crippen LogP contribution in [0.1, 0.15) is 37.6 Å². The third-order valence-electron chi connectivity index (χ3n) is 2.88. The normalized spacial score (nSPS) is 12.8. The summed E-state index contributed by atoms with van der Waals surface area (Å²) in [6.45, 7) is 6.14. The molecule has 0 aliphatic rings. The number of sulfonamides is 1. The number of carbonyl (C=O) groups excluding carboxylic acids is 1. The molecule has 1 unspecified atom stereocenters. The van der Waals surface area contributed by atoms with Crippen molar-refractivity contribution in [2.45, 2.75) is 27.2 Å². The lowest BCUT2D eigenvalue weighted by atomic mass is 10.2. The predicted molar refractivity (Wildman–Crippen MR) is 78.3 cm³/mol. The Morgan fingerprint density at radius 2 is 1.85 bits per heavy atom. The SMILES string of the molecule is CCOc1ccc(C(=O)NS(=O)(=O)CC(C)CC)cc1. The van der Waals surface area contributed by atoms with Crippen LogP contribution in [0.15, 0.2) is 24.3 Å². The maximum absolute atomic E-state index is 11.9. The largest absolute Gasteiger partial charge is 0.494 e. The van der Waals surface area contributed by atoms with Gasteiger partial charge in [0.1, 0.15) is 5.75 Å². The van der Waals surface area contributed by atoms with Crippen LogP contribution < -0.4 is 9.46 Å². The number of rotatable bonds is 7. The second kappa shape index (κ2) is 7.28. The molecule has 1 aromatic carbocycles. The van der Waals surface area contributed by atoms with Crippen molar-refractivity contribution < 1.29 is 17.9 Å². The second-order valence-electron chi connectivity index (χ2n) is 4.68. The van der Waals surface area contributed by atoms with Gasteiger partial charge in [-0.2, -0.15) is 0 Å². The standard InChI is InChI=1S/C14H21NO4S/c1-4-11(3)10-20(17,18)15-14(16)12-6-8-13(9-7-12)19-5-2/h6-9,11H,4-5,10H2,1-3H3,(H,15,16). The third kappa shape index (κ3) is 5.21. The Morgan fingerprint density at radius 1 is 1.25 bits per heavy atom. The quantitative estimate of drug-likeness (QED) is 0.837. The van der Waals surface area contributed by atoms with Crippen LogP contribution in [0.2, 0.25) is 0 Å². The fourth-order valence-electron chi connectivity index (χ4n) is 1.60. The predicted octanol–water partition coefficient (Wildman–Crippen LogP) is 2.19. The first-order valence-corrected chi connectivity index (χ1v) is 8.30. The average molecular weight is 299 g/mol. The fourth-order valence-corrected chi connectivity index (χ4v) is 3.07. The monoisotopic (exact) mass is 299 g/mol. The van der Waals surface area contributed by atoms with Crippen molar-refractivity contribution in [3.63, 3.8) is 0 Å². The van der Waals surface area contributed by atoms with Gasteiger partial charge < -0.3 is 4.74 Å². The third-order valence-corrected chi connectivity index (χ3v) is 4.38. The molecule has 20 heavy (non-hydrogen) atoms. The zero-order chi connectivity index (χ0) is 15.2. The van der Waals surface area contributed by atoms with E-state index in [1.807, 2.05) is 20.8 Å². The zero-order valence-corrected chi connectivity index (χ0v) is 12.9. The van der Waals surface area contributed by atoms with E-state index in [0.29, 0.717) is 17.9 Å². The van der Waals surface area contributed by atoms with Crippen LogP contribution in [0, 0.1) is 5.92 Å². The molecule has 0 radical (unpaired) electrons. The number of hydrogen-bond donors (Lipinski definition) is 1. The summed E-state index contributed by atoms with van der Waals surface area (Å²) in [7, 11) is -3.59. The van der Waals surface area contributed by atoms with E-state index in [4.69, 9.17) is 4.74 Å². The molecule has 0 aliphatic carbocycles. The molecular weight excluding hydrogens is 278 g/mol. The summed E-state index contributed by atoms with van der Waals surface area (Å²) >= 11 is 0. The number of nitrogens with one attached hydrogen (secondary N) is 1. The van der Waals surface area contributed by atoms with Crippen molar-refractivity contribution >= 4 is 15.9 Å². The molecular formula is C14H21NO4S. The molecule has 6 heteroatoms. The fraction of sp³-hybridized carbons (Fsp3) is 0.500. The summed E-state index contributed by atoms with van der Waals surface area (Å²) in [5.74, 6) is -0.00443. The lowest BCUT2D eigenvalue weighted by Crippen LogP contribution is -2.34. The zero-order valence-electron chi connectivity index (χ0n) is 12.0. The van der Waals surface area contributed by atoms with Gasteiger partial charge in [0.05, 0.1) is 12.4 Å². The van der Waals surface area contributed by atoms with Gasteiger partial charge >= 0.3 is 0 Å². The van der Waals surface area contributed by atoms with Gasteiger partial charge in [-0.1, -0.05) is 20.3 Å². The van der Waals surface area contributed by atoms with Crippen LogP contribution in [-0.4, -0.2) is 26.7 Å². The Bertz CT molecular complexity index is 537. The minimum atomic E-state index is -3.59. The maximum Gasteiger partial charge on any atom is 0.264 e. The molecule has 0 heterocycles. The van der Waals surface area contributed by atoms with Crippen LogP contribution in [-0.2, 0) is 10.0 Å². The summed E-state index contributed by atoms with van der Waals surface area (Å²) in [4.78, 5) is 11.9. The minimum absolute atomic E-state index is 0.0145. The van der Waals surface area contributed by atoms with E-state index in [1.165, 1.54) is 0 Å². The molecule has 0 aliphatic heterocycles. The first kappa shape index (κ1) is 16.5. The van der Waals surface area contributed by atoms with Crippen molar-refractivity contribution in [1.82, 2.24) is 4.72 Å². The molecule has 0 spiro atoms. The average Bonchev–Trinajstić information content (AvgIpc) is 2.38. The second-order valence-corrected chi connectivity index (χ2v) is 6.45. The van der Waals surface area contributed by atoms with E-state index in [1.54, 1.807) is 24.3 Å². The van der Waals surface area contributed by atoms with Gasteiger partial charge in [-0.15, -0.1) is 0 Å². The highest BCUT2D eigenvalue weighted by Crippen LogP contribution is 2.12. The van der Waals surface area contributed by atoms with E-state index in [9.17, 15) is 13.2 Å². The molecule has 112 valence electrons. The van der Waals surface area contributed by atoms with Crippen molar-refractivity contribution in [2.24, 2.45) is 5.92 Å². The summed E-state index contributed by atoms with van der Waals surface area (Å²) in [5, 5.41) is 0. The van der Waals surface area contributed by atoms with Crippen LogP contribution >= 0.6 is 0 Å². The van der Waals surface area contributed by atoms with Gasteiger partial charge in [-0.25, -0.2) is 13.1 Å². The first-order chi connectivity index (χ1) is 9.38. The number of carbonyl (C=O) groups is 1. The molecule has 1 atom stereocenters. The van der Waals surface area contributed by atoms with Gasteiger partial charge in [0, 0.05) is 5.56 Å². The van der Waals surface area contributed by atoms with Gasteiger partial charge in [0.2, 0.25) is 10.0 Å². The topological polar surface area (TPSA) is 72.5 Å². The van der Waals surface area contributed by atoms with Crippen molar-refractivity contribution in [2.75, 3.05) is 12.4 Å². The summed E-state index contributed by atoms with van der Waals surface area (Å²) in [6, 6.07) is 6.36. The Morgan fingerprint density at radius 3 is 2.35 bits per heavy atom. The van der Waals surface area contributed by atoms with Crippen LogP contribution in [0.25, 0.3) is 0 Å². The number of amides is 1. The number of benzene rings is 1. The van der Waals surface area contributed by atoms with Gasteiger partial charge in [-0.3, -0.25) is 4.79 Å². The molecule has 0 saturated heterocycles. The van der Waals surface area contributed by atoms with E-state index >= 15 is 0 Å². The molecule has 1 N–H and O–H groups in total. The Labute approximate surface area is 120 Å². The van der Waals surface area contributed by atoms with Gasteiger partial charge in [0.15, 0.2) is 0 Å². The highest BCUT2D eigenvalue weighted by Gasteiger charge is 2.18. The molecule has 0 aromatic heterocycles. The molecule has 0 fully saturated rings. The van der Waals surface area contributed by atoms with E-state index in [-0.39, 0.29) is 11.7 Å². The maximum atomic E-state index is 11.9. The Kier molecular flexibility index (Phi) is 6.01. The molecule has 0 bridgehead atoms. The molecule has 1 aromatic rings. The molecule has 0 saturated carbocycles. The summed E-state index contributed by atoms with van der Waals surface area (Å²) < 4.78 is 30.9. The Balaban J connectivity index is 2.71. The molecule has 1 rings (SSSR count). The van der Waals surface area contributed by atoms with E-state index in [2.05, 4.69) is 4.72 Å². The summed E-state index contributed by atoms with van der Waals surface area (Å²) in [5.41, 5.74) is 0.293.